The van der Waals surface area contributed by atoms with Crippen molar-refractivity contribution in [2.45, 2.75) is 25.3 Å². The van der Waals surface area contributed by atoms with Gasteiger partial charge in [0, 0.05) is 29.4 Å². The molecule has 0 aromatic heterocycles. The first-order chi connectivity index (χ1) is 14.7. The highest BCUT2D eigenvalue weighted by Crippen LogP contribution is 2.24. The number of nitrogens with zero attached hydrogens (tertiary/aromatic N) is 1. The van der Waals surface area contributed by atoms with E-state index in [1.54, 1.807) is 0 Å². The van der Waals surface area contributed by atoms with Crippen LogP contribution >= 0.6 is 0 Å². The summed E-state index contributed by atoms with van der Waals surface area (Å²) in [5.41, 5.74) is 2.80. The zero-order valence-electron chi connectivity index (χ0n) is 17.0. The number of nitrogens with one attached hydrogen (secondary N) is 2. The summed E-state index contributed by atoms with van der Waals surface area (Å²) in [6, 6.07) is 17.4. The summed E-state index contributed by atoms with van der Waals surface area (Å²) in [5.74, 6) is -0.288. The van der Waals surface area contributed by atoms with Gasteiger partial charge in [0.25, 0.3) is 21.6 Å². The van der Waals surface area contributed by atoms with Gasteiger partial charge in [0.15, 0.2) is 0 Å². The molecule has 0 aliphatic rings. The summed E-state index contributed by atoms with van der Waals surface area (Å²) in [6.07, 6.45) is 0. The predicted octanol–water partition coefficient (Wildman–Crippen LogP) is 3.94. The standard InChI is InChI=1S/C22H21N3O5S/c1-15-3-6-17(7-4-15)14-23-22(26)18-8-10-19(11-9-18)24-31(29,30)20-12-5-16(2)21(13-20)25(27)28/h3-13,24H,14H2,1-2H3,(H,23,26). The third-order valence-corrected chi connectivity index (χ3v) is 6.04. The fourth-order valence-corrected chi connectivity index (χ4v) is 3.93. The van der Waals surface area contributed by atoms with E-state index >= 15 is 0 Å². The Bertz CT molecular complexity index is 1220. The molecule has 8 nitrogen and oxygen atoms in total. The molecule has 0 saturated heterocycles. The predicted molar refractivity (Wildman–Crippen MR) is 117 cm³/mol. The van der Waals surface area contributed by atoms with Crippen molar-refractivity contribution in [2.24, 2.45) is 0 Å². The molecule has 0 aliphatic carbocycles. The maximum atomic E-state index is 12.6. The van der Waals surface area contributed by atoms with E-state index in [2.05, 4.69) is 10.0 Å². The monoisotopic (exact) mass is 439 g/mol. The molecule has 3 aromatic carbocycles. The molecule has 9 heteroatoms. The van der Waals surface area contributed by atoms with E-state index in [0.29, 0.717) is 17.7 Å². The number of sulfonamides is 1. The third kappa shape index (κ3) is 5.46. The van der Waals surface area contributed by atoms with Crippen molar-refractivity contribution in [1.82, 2.24) is 5.32 Å². The van der Waals surface area contributed by atoms with Gasteiger partial charge >= 0.3 is 0 Å². The van der Waals surface area contributed by atoms with E-state index in [1.165, 1.54) is 43.3 Å². The van der Waals surface area contributed by atoms with E-state index in [4.69, 9.17) is 0 Å². The average molecular weight is 439 g/mol. The molecule has 3 aromatic rings. The second kappa shape index (κ2) is 8.97. The Morgan fingerprint density at radius 3 is 2.23 bits per heavy atom. The molecule has 0 spiro atoms. The molecule has 0 saturated carbocycles. The van der Waals surface area contributed by atoms with E-state index in [0.717, 1.165) is 17.2 Å². The van der Waals surface area contributed by atoms with Crippen LogP contribution in [0.5, 0.6) is 0 Å². The lowest BCUT2D eigenvalue weighted by Crippen LogP contribution is -2.22. The van der Waals surface area contributed by atoms with E-state index in [1.807, 2.05) is 31.2 Å². The zero-order chi connectivity index (χ0) is 22.6. The van der Waals surface area contributed by atoms with Crippen molar-refractivity contribution in [3.05, 3.63) is 99.1 Å². The smallest absolute Gasteiger partial charge is 0.273 e. The van der Waals surface area contributed by atoms with Crippen LogP contribution in [0.2, 0.25) is 0 Å². The van der Waals surface area contributed by atoms with Gasteiger partial charge in [0.2, 0.25) is 0 Å². The number of amides is 1. The van der Waals surface area contributed by atoms with Gasteiger partial charge in [-0.25, -0.2) is 8.42 Å². The number of rotatable bonds is 7. The maximum absolute atomic E-state index is 12.6. The SMILES string of the molecule is Cc1ccc(CNC(=O)c2ccc(NS(=O)(=O)c3ccc(C)c([N+](=O)[O-])c3)cc2)cc1. The van der Waals surface area contributed by atoms with Crippen molar-refractivity contribution < 1.29 is 18.1 Å². The summed E-state index contributed by atoms with van der Waals surface area (Å²) in [5, 5.41) is 13.9. The summed E-state index contributed by atoms with van der Waals surface area (Å²) in [7, 11) is -4.02. The number of carbonyl (C=O) groups is 1. The lowest BCUT2D eigenvalue weighted by Gasteiger charge is -2.10. The van der Waals surface area contributed by atoms with Crippen LogP contribution in [0.15, 0.2) is 71.6 Å². The number of nitro groups is 1. The lowest BCUT2D eigenvalue weighted by atomic mass is 10.1. The minimum absolute atomic E-state index is 0.218. The van der Waals surface area contributed by atoms with Crippen molar-refractivity contribution >= 4 is 27.3 Å². The van der Waals surface area contributed by atoms with Crippen LogP contribution in [0.4, 0.5) is 11.4 Å². The van der Waals surface area contributed by atoms with Crippen LogP contribution in [0, 0.1) is 24.0 Å². The van der Waals surface area contributed by atoms with Crippen molar-refractivity contribution in [2.75, 3.05) is 4.72 Å². The van der Waals surface area contributed by atoms with Crippen LogP contribution in [0.1, 0.15) is 27.0 Å². The van der Waals surface area contributed by atoms with Crippen molar-refractivity contribution in [1.29, 1.82) is 0 Å². The Balaban J connectivity index is 1.68. The molecule has 160 valence electrons. The number of benzene rings is 3. The summed E-state index contributed by atoms with van der Waals surface area (Å²) >= 11 is 0. The second-order valence-corrected chi connectivity index (χ2v) is 8.74. The van der Waals surface area contributed by atoms with Gasteiger partial charge < -0.3 is 5.32 Å². The number of nitro benzene ring substituents is 1. The highest BCUT2D eigenvalue weighted by atomic mass is 32.2. The van der Waals surface area contributed by atoms with Crippen LogP contribution in [-0.4, -0.2) is 19.2 Å². The largest absolute Gasteiger partial charge is 0.348 e. The molecule has 0 bridgehead atoms. The first-order valence-corrected chi connectivity index (χ1v) is 10.9. The molecular weight excluding hydrogens is 418 g/mol. The molecule has 0 radical (unpaired) electrons. The Morgan fingerprint density at radius 1 is 0.968 bits per heavy atom. The van der Waals surface area contributed by atoms with Crippen molar-refractivity contribution in [3.63, 3.8) is 0 Å². The third-order valence-electron chi connectivity index (χ3n) is 4.66. The Kier molecular flexibility index (Phi) is 6.36. The second-order valence-electron chi connectivity index (χ2n) is 7.06. The average Bonchev–Trinajstić information content (AvgIpc) is 2.73. The topological polar surface area (TPSA) is 118 Å². The van der Waals surface area contributed by atoms with Gasteiger partial charge in [-0.3, -0.25) is 19.6 Å². The number of aryl methyl sites for hydroxylation is 2. The molecule has 0 unspecified atom stereocenters. The van der Waals surface area contributed by atoms with Gasteiger partial charge in [0.05, 0.1) is 9.82 Å². The van der Waals surface area contributed by atoms with Gasteiger partial charge in [0.1, 0.15) is 0 Å². The Labute approximate surface area is 180 Å². The minimum Gasteiger partial charge on any atom is -0.348 e. The summed E-state index contributed by atoms with van der Waals surface area (Å²) < 4.78 is 27.5. The van der Waals surface area contributed by atoms with Crippen LogP contribution in [0.25, 0.3) is 0 Å². The molecule has 0 heterocycles. The normalized spacial score (nSPS) is 11.0. The highest BCUT2D eigenvalue weighted by molar-refractivity contribution is 7.92. The molecule has 3 rings (SSSR count). The van der Waals surface area contributed by atoms with Crippen LogP contribution in [-0.2, 0) is 16.6 Å². The van der Waals surface area contributed by atoms with Gasteiger partial charge in [-0.1, -0.05) is 35.9 Å². The summed E-state index contributed by atoms with van der Waals surface area (Å²) in [6.45, 7) is 3.89. The van der Waals surface area contributed by atoms with Gasteiger partial charge in [-0.05, 0) is 49.7 Å². The molecule has 2 N–H and O–H groups in total. The summed E-state index contributed by atoms with van der Waals surface area (Å²) in [4.78, 5) is 22.5. The van der Waals surface area contributed by atoms with Crippen molar-refractivity contribution in [3.8, 4) is 0 Å². The first kappa shape index (κ1) is 22.0. The lowest BCUT2D eigenvalue weighted by molar-refractivity contribution is -0.385. The quantitative estimate of drug-likeness (QED) is 0.427. The van der Waals surface area contributed by atoms with E-state index in [-0.39, 0.29) is 22.2 Å². The number of carbonyl (C=O) groups excluding carboxylic acids is 1. The number of hydrogen-bond acceptors (Lipinski definition) is 5. The highest BCUT2D eigenvalue weighted by Gasteiger charge is 2.20. The Morgan fingerprint density at radius 2 is 1.61 bits per heavy atom. The van der Waals surface area contributed by atoms with Gasteiger partial charge in [-0.2, -0.15) is 0 Å². The number of anilines is 1. The number of hydrogen-bond donors (Lipinski definition) is 2. The molecular formula is C22H21N3O5S. The van der Waals surface area contributed by atoms with Crippen LogP contribution in [0.3, 0.4) is 0 Å². The molecule has 0 fully saturated rings. The first-order valence-electron chi connectivity index (χ1n) is 9.37. The molecule has 0 aliphatic heterocycles. The fourth-order valence-electron chi connectivity index (χ4n) is 2.85. The fraction of sp³-hybridized carbons (Fsp3) is 0.136. The maximum Gasteiger partial charge on any atom is 0.273 e. The molecule has 31 heavy (non-hydrogen) atoms. The molecule has 1 amide bonds. The molecule has 0 atom stereocenters. The van der Waals surface area contributed by atoms with E-state index in [9.17, 15) is 23.3 Å². The van der Waals surface area contributed by atoms with Gasteiger partial charge in [-0.15, -0.1) is 0 Å². The minimum atomic E-state index is -4.02. The van der Waals surface area contributed by atoms with E-state index < -0.39 is 14.9 Å². The Hall–Kier alpha value is -3.72. The zero-order valence-corrected chi connectivity index (χ0v) is 17.8. The van der Waals surface area contributed by atoms with Crippen LogP contribution < -0.4 is 10.0 Å².